The zero-order valence-corrected chi connectivity index (χ0v) is 19.6. The van der Waals surface area contributed by atoms with Crippen molar-refractivity contribution in [2.24, 2.45) is 0 Å². The number of anilines is 1. The van der Waals surface area contributed by atoms with Gasteiger partial charge in [-0.05, 0) is 36.8 Å². The summed E-state index contributed by atoms with van der Waals surface area (Å²) in [6.07, 6.45) is 0.666. The Morgan fingerprint density at radius 3 is 2.55 bits per heavy atom. The minimum Gasteiger partial charge on any atom is -0.496 e. The van der Waals surface area contributed by atoms with Crippen molar-refractivity contribution in [3.05, 3.63) is 65.7 Å². The number of hydrogen-bond acceptors (Lipinski definition) is 6. The lowest BCUT2D eigenvalue weighted by Crippen LogP contribution is -2.28. The van der Waals surface area contributed by atoms with Gasteiger partial charge in [0.15, 0.2) is 0 Å². The van der Waals surface area contributed by atoms with Crippen molar-refractivity contribution in [1.29, 1.82) is 0 Å². The normalized spacial score (nSPS) is 11.5. The Bertz CT molecular complexity index is 1070. The zero-order chi connectivity index (χ0) is 23.1. The van der Waals surface area contributed by atoms with Crippen LogP contribution >= 0.6 is 13.5 Å². The van der Waals surface area contributed by atoms with Gasteiger partial charge in [0.05, 0.1) is 19.3 Å². The third-order valence-corrected chi connectivity index (χ3v) is 4.91. The molecule has 0 bridgehead atoms. The van der Waals surface area contributed by atoms with Gasteiger partial charge in [-0.25, -0.2) is 18.7 Å². The summed E-state index contributed by atoms with van der Waals surface area (Å²) >= 11 is 0. The summed E-state index contributed by atoms with van der Waals surface area (Å²) in [7, 11) is 1.51. The molecular formula is C23H27F2N5O2S. The molecule has 0 aliphatic rings. The SMILES string of the molecule is COc1cc(C(=O)NCC(F)F)ccc1[C@H](C)CNc1cc(-c2ccc(C)nc2)ncn1.S. The molecule has 3 rings (SSSR count). The van der Waals surface area contributed by atoms with E-state index in [0.717, 1.165) is 22.5 Å². The Morgan fingerprint density at radius 1 is 1.09 bits per heavy atom. The van der Waals surface area contributed by atoms with E-state index in [1.807, 2.05) is 32.0 Å². The van der Waals surface area contributed by atoms with Gasteiger partial charge in [0.2, 0.25) is 0 Å². The van der Waals surface area contributed by atoms with Gasteiger partial charge in [0.1, 0.15) is 17.9 Å². The smallest absolute Gasteiger partial charge is 0.255 e. The Morgan fingerprint density at radius 2 is 1.88 bits per heavy atom. The Balaban J connectivity index is 0.00000385. The molecule has 0 aliphatic carbocycles. The molecule has 7 nitrogen and oxygen atoms in total. The number of carbonyl (C=O) groups is 1. The highest BCUT2D eigenvalue weighted by Crippen LogP contribution is 2.28. The maximum absolute atomic E-state index is 12.3. The van der Waals surface area contributed by atoms with E-state index >= 15 is 0 Å². The van der Waals surface area contributed by atoms with Crippen molar-refractivity contribution in [2.45, 2.75) is 26.2 Å². The second kappa shape index (κ2) is 12.1. The van der Waals surface area contributed by atoms with Gasteiger partial charge in [-0.1, -0.05) is 13.0 Å². The van der Waals surface area contributed by atoms with Crippen LogP contribution in [0.1, 0.15) is 34.5 Å². The molecule has 1 atom stereocenters. The number of carbonyl (C=O) groups excluding carboxylic acids is 1. The number of pyridine rings is 1. The van der Waals surface area contributed by atoms with Crippen molar-refractivity contribution in [3.8, 4) is 17.0 Å². The molecule has 0 radical (unpaired) electrons. The van der Waals surface area contributed by atoms with Crippen molar-refractivity contribution in [3.63, 3.8) is 0 Å². The van der Waals surface area contributed by atoms with Crippen LogP contribution in [0, 0.1) is 6.92 Å². The molecule has 0 fully saturated rings. The van der Waals surface area contributed by atoms with Crippen LogP contribution in [0.5, 0.6) is 5.75 Å². The van der Waals surface area contributed by atoms with Crippen LogP contribution in [0.15, 0.2) is 48.9 Å². The van der Waals surface area contributed by atoms with E-state index in [1.54, 1.807) is 24.4 Å². The Kier molecular flexibility index (Phi) is 9.53. The number of nitrogens with zero attached hydrogens (tertiary/aromatic N) is 3. The molecule has 33 heavy (non-hydrogen) atoms. The van der Waals surface area contributed by atoms with Gasteiger partial charge in [0.25, 0.3) is 12.3 Å². The number of aryl methyl sites for hydroxylation is 1. The Hall–Kier alpha value is -3.27. The topological polar surface area (TPSA) is 89.0 Å². The van der Waals surface area contributed by atoms with E-state index in [9.17, 15) is 13.6 Å². The number of halogens is 2. The maximum Gasteiger partial charge on any atom is 0.255 e. The molecule has 1 aromatic carbocycles. The summed E-state index contributed by atoms with van der Waals surface area (Å²) in [4.78, 5) is 24.9. The third-order valence-electron chi connectivity index (χ3n) is 4.91. The van der Waals surface area contributed by atoms with E-state index in [-0.39, 0.29) is 25.0 Å². The van der Waals surface area contributed by atoms with Gasteiger partial charge >= 0.3 is 0 Å². The van der Waals surface area contributed by atoms with E-state index in [1.165, 1.54) is 13.4 Å². The van der Waals surface area contributed by atoms with Crippen LogP contribution in [0.25, 0.3) is 11.3 Å². The van der Waals surface area contributed by atoms with Gasteiger partial charge in [-0.15, -0.1) is 0 Å². The second-order valence-electron chi connectivity index (χ2n) is 7.32. The first-order valence-corrected chi connectivity index (χ1v) is 10.1. The molecule has 0 spiro atoms. The summed E-state index contributed by atoms with van der Waals surface area (Å²) in [6.45, 7) is 3.79. The third kappa shape index (κ3) is 7.11. The number of amides is 1. The van der Waals surface area contributed by atoms with Crippen LogP contribution in [-0.2, 0) is 0 Å². The fourth-order valence-electron chi connectivity index (χ4n) is 3.13. The van der Waals surface area contributed by atoms with Crippen LogP contribution < -0.4 is 15.4 Å². The van der Waals surface area contributed by atoms with Crippen LogP contribution in [0.3, 0.4) is 0 Å². The van der Waals surface area contributed by atoms with Crippen molar-refractivity contribution < 1.29 is 18.3 Å². The van der Waals surface area contributed by atoms with E-state index in [2.05, 4.69) is 25.6 Å². The molecule has 0 saturated heterocycles. The van der Waals surface area contributed by atoms with Gasteiger partial charge in [-0.3, -0.25) is 9.78 Å². The lowest BCUT2D eigenvalue weighted by molar-refractivity contribution is 0.0891. The standard InChI is InChI=1S/C23H25F2N5O2.H2S/c1-14(18-7-6-16(8-20(18)32-3)23(31)28-12-21(24)25)10-27-22-9-19(29-13-30-22)17-5-4-15(2)26-11-17;/h4-9,11,13-14,21H,10,12H2,1-3H3,(H,28,31)(H,27,29,30);1H2/t14-;/m1./s1. The summed E-state index contributed by atoms with van der Waals surface area (Å²) < 4.78 is 30.1. The van der Waals surface area contributed by atoms with E-state index in [0.29, 0.717) is 18.1 Å². The molecule has 0 aliphatic heterocycles. The summed E-state index contributed by atoms with van der Waals surface area (Å²) in [6, 6.07) is 10.7. The predicted octanol–water partition coefficient (Wildman–Crippen LogP) is 4.18. The number of alkyl halides is 2. The van der Waals surface area contributed by atoms with Crippen LogP contribution in [0.2, 0.25) is 0 Å². The van der Waals surface area contributed by atoms with Crippen molar-refractivity contribution in [2.75, 3.05) is 25.5 Å². The minimum absolute atomic E-state index is 0. The zero-order valence-electron chi connectivity index (χ0n) is 18.6. The van der Waals surface area contributed by atoms with Gasteiger partial charge in [0, 0.05) is 41.5 Å². The average Bonchev–Trinajstić information content (AvgIpc) is 2.81. The van der Waals surface area contributed by atoms with E-state index < -0.39 is 18.9 Å². The number of benzene rings is 1. The fraction of sp³-hybridized carbons (Fsp3) is 0.304. The summed E-state index contributed by atoms with van der Waals surface area (Å²) in [5, 5.41) is 5.49. The predicted molar refractivity (Wildman–Crippen MR) is 129 cm³/mol. The van der Waals surface area contributed by atoms with Gasteiger partial charge in [-0.2, -0.15) is 13.5 Å². The maximum atomic E-state index is 12.3. The highest BCUT2D eigenvalue weighted by molar-refractivity contribution is 7.59. The molecule has 2 heterocycles. The number of ether oxygens (including phenoxy) is 1. The summed E-state index contributed by atoms with van der Waals surface area (Å²) in [5.41, 5.74) is 3.73. The first-order valence-electron chi connectivity index (χ1n) is 10.1. The first-order chi connectivity index (χ1) is 15.4. The van der Waals surface area contributed by atoms with Gasteiger partial charge < -0.3 is 15.4 Å². The first kappa shape index (κ1) is 26.0. The fourth-order valence-corrected chi connectivity index (χ4v) is 3.13. The highest BCUT2D eigenvalue weighted by Gasteiger charge is 2.16. The number of hydrogen-bond donors (Lipinski definition) is 2. The van der Waals surface area contributed by atoms with Crippen LogP contribution in [0.4, 0.5) is 14.6 Å². The van der Waals surface area contributed by atoms with Crippen LogP contribution in [-0.4, -0.2) is 47.5 Å². The number of methoxy groups -OCH3 is 1. The molecule has 2 N–H and O–H groups in total. The minimum atomic E-state index is -2.60. The van der Waals surface area contributed by atoms with E-state index in [4.69, 9.17) is 4.74 Å². The Labute approximate surface area is 198 Å². The molecule has 3 aromatic rings. The largest absolute Gasteiger partial charge is 0.496 e. The molecule has 0 unspecified atom stereocenters. The second-order valence-corrected chi connectivity index (χ2v) is 7.32. The number of nitrogens with one attached hydrogen (secondary N) is 2. The lowest BCUT2D eigenvalue weighted by Gasteiger charge is -2.18. The lowest BCUT2D eigenvalue weighted by atomic mass is 9.98. The molecule has 176 valence electrons. The highest BCUT2D eigenvalue weighted by atomic mass is 32.1. The van der Waals surface area contributed by atoms with Crippen molar-refractivity contribution in [1.82, 2.24) is 20.3 Å². The monoisotopic (exact) mass is 475 g/mol. The van der Waals surface area contributed by atoms with Crippen molar-refractivity contribution >= 4 is 25.2 Å². The summed E-state index contributed by atoms with van der Waals surface area (Å²) in [5.74, 6) is 0.630. The number of aromatic nitrogens is 3. The molecule has 1 amide bonds. The molecule has 0 saturated carbocycles. The molecular weight excluding hydrogens is 448 g/mol. The molecule has 2 aromatic heterocycles. The molecule has 10 heteroatoms. The quantitative estimate of drug-likeness (QED) is 0.483. The number of rotatable bonds is 9. The average molecular weight is 476 g/mol.